The highest BCUT2D eigenvalue weighted by Gasteiger charge is 2.05. The average Bonchev–Trinajstić information content (AvgIpc) is 3.15. The highest BCUT2D eigenvalue weighted by molar-refractivity contribution is 5.87. The summed E-state index contributed by atoms with van der Waals surface area (Å²) in [6.07, 6.45) is 7.05. The summed E-state index contributed by atoms with van der Waals surface area (Å²) < 4.78 is 1.81. The molecule has 3 rings (SSSR count). The van der Waals surface area contributed by atoms with E-state index in [1.54, 1.807) is 30.7 Å². The number of carboxylic acid groups (broad SMARTS) is 1. The Labute approximate surface area is 145 Å². The molecule has 126 valence electrons. The van der Waals surface area contributed by atoms with E-state index in [1.807, 2.05) is 53.4 Å². The number of aromatic nitrogens is 2. The molecule has 6 heteroatoms. The van der Waals surface area contributed by atoms with Crippen LogP contribution in [0.4, 0.5) is 0 Å². The summed E-state index contributed by atoms with van der Waals surface area (Å²) in [5.74, 6) is -0.959. The molecule has 3 aromatic rings. The Bertz CT molecular complexity index is 859. The smallest absolute Gasteiger partial charge is 0.335 e. The van der Waals surface area contributed by atoms with Gasteiger partial charge in [-0.3, -0.25) is 10.3 Å². The minimum Gasteiger partial charge on any atom is -0.478 e. The summed E-state index contributed by atoms with van der Waals surface area (Å²) in [4.78, 5) is 20.6. The normalized spacial score (nSPS) is 11.3. The molecule has 0 aliphatic rings. The Balaban J connectivity index is 1.71. The van der Waals surface area contributed by atoms with Gasteiger partial charge < -0.3 is 9.67 Å². The van der Waals surface area contributed by atoms with E-state index in [0.717, 1.165) is 16.8 Å². The minimum absolute atomic E-state index is 0.231. The summed E-state index contributed by atoms with van der Waals surface area (Å²) in [5, 5.41) is 9.04. The predicted octanol–water partition coefficient (Wildman–Crippen LogP) is 3.26. The third kappa shape index (κ3) is 4.55. The largest absolute Gasteiger partial charge is 0.478 e. The lowest BCUT2D eigenvalue weighted by Gasteiger charge is -2.12. The van der Waals surface area contributed by atoms with Crippen molar-refractivity contribution in [1.82, 2.24) is 15.0 Å². The molecule has 25 heavy (non-hydrogen) atoms. The quantitative estimate of drug-likeness (QED) is 0.648. The number of carbonyl (C=O) groups is 1. The number of imidazole rings is 1. The molecule has 0 fully saturated rings. The maximum Gasteiger partial charge on any atom is 0.335 e. The summed E-state index contributed by atoms with van der Waals surface area (Å²) in [6.45, 7) is 0.231. The lowest BCUT2D eigenvalue weighted by molar-refractivity contribution is 0.0644. The SMILES string of the molecule is O=C(O)c1cccc(CONC(=Cn2ccnc2)c2ccccc2)c1. The van der Waals surface area contributed by atoms with Gasteiger partial charge in [0.1, 0.15) is 0 Å². The second-order valence-corrected chi connectivity index (χ2v) is 5.31. The van der Waals surface area contributed by atoms with Crippen molar-refractivity contribution in [1.29, 1.82) is 0 Å². The van der Waals surface area contributed by atoms with Crippen LogP contribution < -0.4 is 5.48 Å². The summed E-state index contributed by atoms with van der Waals surface area (Å²) in [5.41, 5.74) is 5.65. The van der Waals surface area contributed by atoms with Crippen LogP contribution in [0.1, 0.15) is 21.5 Å². The van der Waals surface area contributed by atoms with Crippen LogP contribution in [0, 0.1) is 0 Å². The van der Waals surface area contributed by atoms with E-state index in [1.165, 1.54) is 0 Å². The number of hydrogen-bond donors (Lipinski definition) is 2. The molecule has 0 unspecified atom stereocenters. The van der Waals surface area contributed by atoms with Gasteiger partial charge in [0.05, 0.1) is 24.2 Å². The molecule has 0 bridgehead atoms. The van der Waals surface area contributed by atoms with Crippen molar-refractivity contribution < 1.29 is 14.7 Å². The number of carboxylic acids is 1. The summed E-state index contributed by atoms with van der Waals surface area (Å²) in [6, 6.07) is 16.4. The first-order valence-corrected chi connectivity index (χ1v) is 7.67. The molecule has 2 N–H and O–H groups in total. The maximum atomic E-state index is 11.0. The molecular formula is C19H17N3O3. The maximum absolute atomic E-state index is 11.0. The monoisotopic (exact) mass is 335 g/mol. The van der Waals surface area contributed by atoms with Crippen LogP contribution >= 0.6 is 0 Å². The molecular weight excluding hydrogens is 318 g/mol. The van der Waals surface area contributed by atoms with Crippen LogP contribution in [0.3, 0.4) is 0 Å². The zero-order valence-corrected chi connectivity index (χ0v) is 13.4. The molecule has 6 nitrogen and oxygen atoms in total. The minimum atomic E-state index is -0.959. The highest BCUT2D eigenvalue weighted by atomic mass is 16.6. The Kier molecular flexibility index (Phi) is 5.23. The highest BCUT2D eigenvalue weighted by Crippen LogP contribution is 2.13. The number of aromatic carboxylic acids is 1. The third-order valence-electron chi connectivity index (χ3n) is 3.48. The van der Waals surface area contributed by atoms with Gasteiger partial charge in [-0.1, -0.05) is 42.5 Å². The van der Waals surface area contributed by atoms with Crippen molar-refractivity contribution in [2.75, 3.05) is 0 Å². The van der Waals surface area contributed by atoms with Gasteiger partial charge in [-0.25, -0.2) is 9.78 Å². The Morgan fingerprint density at radius 2 is 1.96 bits per heavy atom. The first kappa shape index (κ1) is 16.5. The molecule has 2 aromatic carbocycles. The van der Waals surface area contributed by atoms with Gasteiger partial charge in [-0.05, 0) is 17.7 Å². The second-order valence-electron chi connectivity index (χ2n) is 5.31. The van der Waals surface area contributed by atoms with Crippen LogP contribution in [-0.4, -0.2) is 20.6 Å². The van der Waals surface area contributed by atoms with Gasteiger partial charge >= 0.3 is 5.97 Å². The van der Waals surface area contributed by atoms with Gasteiger partial charge in [0.2, 0.25) is 0 Å². The van der Waals surface area contributed by atoms with Crippen molar-refractivity contribution >= 4 is 17.9 Å². The van der Waals surface area contributed by atoms with Crippen molar-refractivity contribution in [3.63, 3.8) is 0 Å². The molecule has 0 radical (unpaired) electrons. The molecule has 0 aliphatic heterocycles. The molecule has 1 heterocycles. The van der Waals surface area contributed by atoms with Gasteiger partial charge in [0.15, 0.2) is 0 Å². The van der Waals surface area contributed by atoms with Gasteiger partial charge in [0.25, 0.3) is 0 Å². The lowest BCUT2D eigenvalue weighted by Crippen LogP contribution is -2.14. The fraction of sp³-hybridized carbons (Fsp3) is 0.0526. The van der Waals surface area contributed by atoms with E-state index in [9.17, 15) is 4.79 Å². The predicted molar refractivity (Wildman–Crippen MR) is 94.2 cm³/mol. The van der Waals surface area contributed by atoms with Crippen LogP contribution in [0.2, 0.25) is 0 Å². The molecule has 0 saturated carbocycles. The first-order chi connectivity index (χ1) is 12.2. The zero-order valence-electron chi connectivity index (χ0n) is 13.4. The first-order valence-electron chi connectivity index (χ1n) is 7.67. The number of nitrogens with one attached hydrogen (secondary N) is 1. The second kappa shape index (κ2) is 7.94. The fourth-order valence-electron chi connectivity index (χ4n) is 2.26. The number of hydroxylamine groups is 1. The molecule has 0 spiro atoms. The van der Waals surface area contributed by atoms with E-state index < -0.39 is 5.97 Å². The number of hydrogen-bond acceptors (Lipinski definition) is 4. The topological polar surface area (TPSA) is 76.4 Å². The van der Waals surface area contributed by atoms with Crippen LogP contribution in [0.15, 0.2) is 73.3 Å². The van der Waals surface area contributed by atoms with E-state index in [4.69, 9.17) is 9.94 Å². The van der Waals surface area contributed by atoms with Crippen molar-refractivity contribution in [2.24, 2.45) is 0 Å². The molecule has 0 saturated heterocycles. The third-order valence-corrected chi connectivity index (χ3v) is 3.48. The Morgan fingerprint density at radius 3 is 2.68 bits per heavy atom. The molecule has 1 aromatic heterocycles. The zero-order chi connectivity index (χ0) is 17.5. The number of nitrogens with zero attached hydrogens (tertiary/aromatic N) is 2. The Hall–Kier alpha value is -3.38. The van der Waals surface area contributed by atoms with Crippen molar-refractivity contribution in [3.05, 3.63) is 90.0 Å². The molecule has 0 amide bonds. The summed E-state index contributed by atoms with van der Waals surface area (Å²) >= 11 is 0. The molecule has 0 aliphatic carbocycles. The van der Waals surface area contributed by atoms with Crippen molar-refractivity contribution in [2.45, 2.75) is 6.61 Å². The van der Waals surface area contributed by atoms with Gasteiger partial charge in [0, 0.05) is 24.2 Å². The van der Waals surface area contributed by atoms with E-state index in [-0.39, 0.29) is 12.2 Å². The van der Waals surface area contributed by atoms with Crippen molar-refractivity contribution in [3.8, 4) is 0 Å². The van der Waals surface area contributed by atoms with Crippen LogP contribution in [0.25, 0.3) is 11.9 Å². The molecule has 0 atom stereocenters. The fourth-order valence-corrected chi connectivity index (χ4v) is 2.26. The van der Waals surface area contributed by atoms with Crippen LogP contribution in [-0.2, 0) is 11.4 Å². The van der Waals surface area contributed by atoms with Gasteiger partial charge in [-0.2, -0.15) is 0 Å². The standard InChI is InChI=1S/C19H17N3O3/c23-19(24)17-8-4-5-15(11-17)13-25-21-18(12-22-10-9-20-14-22)16-6-2-1-3-7-16/h1-12,14,21H,13H2,(H,23,24). The summed E-state index contributed by atoms with van der Waals surface area (Å²) in [7, 11) is 0. The van der Waals surface area contributed by atoms with Gasteiger partial charge in [-0.15, -0.1) is 0 Å². The lowest BCUT2D eigenvalue weighted by atomic mass is 10.1. The van der Waals surface area contributed by atoms with E-state index in [2.05, 4.69) is 10.5 Å². The van der Waals surface area contributed by atoms with E-state index >= 15 is 0 Å². The average molecular weight is 335 g/mol. The Morgan fingerprint density at radius 1 is 1.16 bits per heavy atom. The van der Waals surface area contributed by atoms with Crippen LogP contribution in [0.5, 0.6) is 0 Å². The number of rotatable bonds is 7. The van der Waals surface area contributed by atoms with E-state index in [0.29, 0.717) is 0 Å². The number of benzene rings is 2.